The molecule has 0 heterocycles. The van der Waals surface area contributed by atoms with Crippen molar-refractivity contribution in [1.82, 2.24) is 10.2 Å². The molecule has 126 valence electrons. The summed E-state index contributed by atoms with van der Waals surface area (Å²) in [7, 11) is 1.70. The van der Waals surface area contributed by atoms with Gasteiger partial charge in [-0.3, -0.25) is 15.0 Å². The predicted octanol–water partition coefficient (Wildman–Crippen LogP) is 2.35. The summed E-state index contributed by atoms with van der Waals surface area (Å²) in [5.41, 5.74) is -0.883. The largest absolute Gasteiger partial charge is 0.480 e. The number of nitrogens with one attached hydrogen (secondary N) is 1. The summed E-state index contributed by atoms with van der Waals surface area (Å²) in [5.74, 6) is -0.785. The first kappa shape index (κ1) is 20.3. The van der Waals surface area contributed by atoms with Crippen LogP contribution in [0.2, 0.25) is 0 Å². The highest BCUT2D eigenvalue weighted by Crippen LogP contribution is 2.16. The number of aliphatic carboxylic acids is 1. The number of rotatable bonds is 12. The predicted molar refractivity (Wildman–Crippen MR) is 86.7 cm³/mol. The van der Waals surface area contributed by atoms with Gasteiger partial charge in [-0.05, 0) is 40.0 Å². The number of nitrogens with zero attached hydrogens (tertiary/aromatic N) is 1. The van der Waals surface area contributed by atoms with Gasteiger partial charge in [-0.2, -0.15) is 0 Å². The number of methoxy groups -OCH3 is 1. The van der Waals surface area contributed by atoms with Crippen molar-refractivity contribution in [3.63, 3.8) is 0 Å². The molecule has 0 saturated heterocycles. The van der Waals surface area contributed by atoms with Gasteiger partial charge in [0.15, 0.2) is 0 Å². The highest BCUT2D eigenvalue weighted by Gasteiger charge is 2.34. The van der Waals surface area contributed by atoms with Crippen LogP contribution >= 0.6 is 0 Å². The topological polar surface area (TPSA) is 61.8 Å². The molecule has 0 radical (unpaired) electrons. The van der Waals surface area contributed by atoms with Gasteiger partial charge in [0.05, 0.1) is 6.61 Å². The van der Waals surface area contributed by atoms with Crippen LogP contribution in [0.1, 0.15) is 53.9 Å². The number of carboxylic acids is 1. The van der Waals surface area contributed by atoms with E-state index in [0.29, 0.717) is 19.1 Å². The third kappa shape index (κ3) is 7.25. The summed E-state index contributed by atoms with van der Waals surface area (Å²) in [5, 5.41) is 12.7. The maximum Gasteiger partial charge on any atom is 0.323 e. The zero-order chi connectivity index (χ0) is 16.5. The van der Waals surface area contributed by atoms with Gasteiger partial charge < -0.3 is 9.84 Å². The van der Waals surface area contributed by atoms with Gasteiger partial charge in [-0.1, -0.05) is 13.8 Å². The average molecular weight is 302 g/mol. The zero-order valence-electron chi connectivity index (χ0n) is 14.6. The molecule has 0 aromatic rings. The van der Waals surface area contributed by atoms with E-state index in [1.54, 1.807) is 14.0 Å². The van der Waals surface area contributed by atoms with Crippen LogP contribution < -0.4 is 5.32 Å². The summed E-state index contributed by atoms with van der Waals surface area (Å²) < 4.78 is 5.18. The highest BCUT2D eigenvalue weighted by atomic mass is 16.5. The lowest BCUT2D eigenvalue weighted by Gasteiger charge is -2.35. The maximum absolute atomic E-state index is 11.6. The van der Waals surface area contributed by atoms with Crippen LogP contribution in [0.15, 0.2) is 0 Å². The van der Waals surface area contributed by atoms with Crippen LogP contribution in [0.4, 0.5) is 0 Å². The Hall–Kier alpha value is -0.650. The second-order valence-corrected chi connectivity index (χ2v) is 6.19. The van der Waals surface area contributed by atoms with Crippen LogP contribution in [-0.2, 0) is 9.53 Å². The Morgan fingerprint density at radius 3 is 2.24 bits per heavy atom. The minimum Gasteiger partial charge on any atom is -0.480 e. The molecular formula is C16H34N2O3. The maximum atomic E-state index is 11.6. The van der Waals surface area contributed by atoms with Crippen molar-refractivity contribution >= 4 is 5.97 Å². The second-order valence-electron chi connectivity index (χ2n) is 6.19. The van der Waals surface area contributed by atoms with Crippen molar-refractivity contribution in [2.24, 2.45) is 0 Å². The van der Waals surface area contributed by atoms with Crippen LogP contribution in [0, 0.1) is 0 Å². The molecule has 0 spiro atoms. The SMILES string of the molecule is CCC(CC)N(CCOC)CCC(C)(NC(C)C)C(=O)O. The normalized spacial score (nSPS) is 14.9. The van der Waals surface area contributed by atoms with Crippen molar-refractivity contribution in [2.75, 3.05) is 26.8 Å². The standard InChI is InChI=1S/C16H34N2O3/c1-7-14(8-2)18(11-12-21-6)10-9-16(5,15(19)20)17-13(3)4/h13-14,17H,7-12H2,1-6H3,(H,19,20). The van der Waals surface area contributed by atoms with Crippen molar-refractivity contribution in [2.45, 2.75) is 71.5 Å². The Morgan fingerprint density at radius 2 is 1.86 bits per heavy atom. The number of hydrogen-bond acceptors (Lipinski definition) is 4. The summed E-state index contributed by atoms with van der Waals surface area (Å²) >= 11 is 0. The molecule has 2 N–H and O–H groups in total. The summed E-state index contributed by atoms with van der Waals surface area (Å²) in [4.78, 5) is 13.9. The third-order valence-corrected chi connectivity index (χ3v) is 4.02. The monoisotopic (exact) mass is 302 g/mol. The number of carboxylic acid groups (broad SMARTS) is 1. The first-order valence-electron chi connectivity index (χ1n) is 8.04. The summed E-state index contributed by atoms with van der Waals surface area (Å²) in [6.07, 6.45) is 2.73. The van der Waals surface area contributed by atoms with Gasteiger partial charge in [0.2, 0.25) is 0 Å². The van der Waals surface area contributed by atoms with E-state index < -0.39 is 11.5 Å². The molecule has 0 amide bonds. The molecule has 0 aromatic carbocycles. The van der Waals surface area contributed by atoms with Gasteiger partial charge in [-0.25, -0.2) is 0 Å². The molecule has 0 saturated carbocycles. The van der Waals surface area contributed by atoms with Gasteiger partial charge in [0, 0.05) is 32.3 Å². The minimum absolute atomic E-state index is 0.145. The van der Waals surface area contributed by atoms with E-state index in [4.69, 9.17) is 4.74 Å². The van der Waals surface area contributed by atoms with Crippen LogP contribution in [0.5, 0.6) is 0 Å². The molecule has 0 aliphatic carbocycles. The minimum atomic E-state index is -0.883. The Bertz CT molecular complexity index is 293. The fourth-order valence-corrected chi connectivity index (χ4v) is 2.74. The summed E-state index contributed by atoms with van der Waals surface area (Å²) in [6.45, 7) is 12.4. The quantitative estimate of drug-likeness (QED) is 0.579. The van der Waals surface area contributed by atoms with E-state index >= 15 is 0 Å². The van der Waals surface area contributed by atoms with Crippen LogP contribution in [0.25, 0.3) is 0 Å². The molecule has 1 atom stereocenters. The number of ether oxygens (including phenoxy) is 1. The van der Waals surface area contributed by atoms with E-state index in [0.717, 1.165) is 25.9 Å². The van der Waals surface area contributed by atoms with E-state index in [2.05, 4.69) is 24.1 Å². The molecular weight excluding hydrogens is 268 g/mol. The Balaban J connectivity index is 4.77. The number of carbonyl (C=O) groups is 1. The Morgan fingerprint density at radius 1 is 1.29 bits per heavy atom. The fourth-order valence-electron chi connectivity index (χ4n) is 2.74. The molecule has 0 bridgehead atoms. The van der Waals surface area contributed by atoms with E-state index in [1.165, 1.54) is 0 Å². The fraction of sp³-hybridized carbons (Fsp3) is 0.938. The second kappa shape index (κ2) is 10.1. The molecule has 1 unspecified atom stereocenters. The molecule has 0 rings (SSSR count). The summed E-state index contributed by atoms with van der Waals surface area (Å²) in [6, 6.07) is 0.629. The van der Waals surface area contributed by atoms with E-state index in [-0.39, 0.29) is 6.04 Å². The van der Waals surface area contributed by atoms with Crippen molar-refractivity contribution in [1.29, 1.82) is 0 Å². The Labute approximate surface area is 130 Å². The van der Waals surface area contributed by atoms with Crippen LogP contribution in [0.3, 0.4) is 0 Å². The molecule has 0 aliphatic heterocycles. The molecule has 21 heavy (non-hydrogen) atoms. The first-order chi connectivity index (χ1) is 9.80. The molecule has 0 fully saturated rings. The molecule has 0 aromatic heterocycles. The lowest BCUT2D eigenvalue weighted by molar-refractivity contribution is -0.145. The van der Waals surface area contributed by atoms with E-state index in [1.807, 2.05) is 13.8 Å². The van der Waals surface area contributed by atoms with Crippen molar-refractivity contribution in [3.8, 4) is 0 Å². The van der Waals surface area contributed by atoms with Crippen molar-refractivity contribution in [3.05, 3.63) is 0 Å². The van der Waals surface area contributed by atoms with E-state index in [9.17, 15) is 9.90 Å². The Kier molecular flexibility index (Phi) is 9.83. The van der Waals surface area contributed by atoms with Gasteiger partial charge >= 0.3 is 5.97 Å². The average Bonchev–Trinajstić information content (AvgIpc) is 2.41. The van der Waals surface area contributed by atoms with Gasteiger partial charge in [0.1, 0.15) is 5.54 Å². The molecule has 5 heteroatoms. The lowest BCUT2D eigenvalue weighted by Crippen LogP contribution is -2.54. The van der Waals surface area contributed by atoms with Gasteiger partial charge in [-0.15, -0.1) is 0 Å². The first-order valence-corrected chi connectivity index (χ1v) is 8.04. The van der Waals surface area contributed by atoms with Crippen LogP contribution in [-0.4, -0.2) is 60.4 Å². The molecule has 0 aliphatic rings. The smallest absolute Gasteiger partial charge is 0.323 e. The van der Waals surface area contributed by atoms with Gasteiger partial charge in [0.25, 0.3) is 0 Å². The van der Waals surface area contributed by atoms with Crippen molar-refractivity contribution < 1.29 is 14.6 Å². The zero-order valence-corrected chi connectivity index (χ0v) is 14.6. The lowest BCUT2D eigenvalue weighted by atomic mass is 9.95. The highest BCUT2D eigenvalue weighted by molar-refractivity contribution is 5.78. The third-order valence-electron chi connectivity index (χ3n) is 4.02. The molecule has 5 nitrogen and oxygen atoms in total. The number of hydrogen-bond donors (Lipinski definition) is 2.